The van der Waals surface area contributed by atoms with Crippen LogP contribution in [0.1, 0.15) is 19.0 Å². The number of hydrogen-bond donors (Lipinski definition) is 1. The summed E-state index contributed by atoms with van der Waals surface area (Å²) < 4.78 is 13.8. The zero-order valence-electron chi connectivity index (χ0n) is 10.4. The Bertz CT molecular complexity index is 383. The molecule has 17 heavy (non-hydrogen) atoms. The fourth-order valence-electron chi connectivity index (χ4n) is 2.21. The molecule has 1 atom stereocenters. The highest BCUT2D eigenvalue weighted by atomic mass is 19.1. The predicted octanol–water partition coefficient (Wildman–Crippen LogP) is 1.54. The van der Waals surface area contributed by atoms with Gasteiger partial charge in [0.05, 0.1) is 5.69 Å². The lowest BCUT2D eigenvalue weighted by Crippen LogP contribution is -2.20. The van der Waals surface area contributed by atoms with Gasteiger partial charge < -0.3 is 10.2 Å². The molecule has 0 amide bonds. The molecule has 0 aliphatic carbocycles. The molecule has 1 aliphatic heterocycles. The number of halogens is 1. The summed E-state index contributed by atoms with van der Waals surface area (Å²) in [4.78, 5) is 10.2. The van der Waals surface area contributed by atoms with Gasteiger partial charge in [0.25, 0.3) is 0 Å². The van der Waals surface area contributed by atoms with E-state index < -0.39 is 0 Å². The fourth-order valence-corrected chi connectivity index (χ4v) is 2.21. The maximum absolute atomic E-state index is 13.8. The van der Waals surface area contributed by atoms with E-state index in [1.54, 1.807) is 0 Å². The van der Waals surface area contributed by atoms with Crippen LogP contribution in [0.4, 0.5) is 10.2 Å². The molecule has 94 valence electrons. The van der Waals surface area contributed by atoms with E-state index >= 15 is 0 Å². The highest BCUT2D eigenvalue weighted by Gasteiger charge is 2.20. The summed E-state index contributed by atoms with van der Waals surface area (Å²) in [6.45, 7) is 4.86. The highest BCUT2D eigenvalue weighted by molar-refractivity contribution is 5.37. The first-order valence-corrected chi connectivity index (χ1v) is 6.12. The lowest BCUT2D eigenvalue weighted by atomic mass is 10.1. The molecule has 1 aromatic heterocycles. The molecule has 1 N–H and O–H groups in total. The first kappa shape index (κ1) is 12.2. The van der Waals surface area contributed by atoms with Crippen molar-refractivity contribution in [3.63, 3.8) is 0 Å². The van der Waals surface area contributed by atoms with E-state index in [0.29, 0.717) is 23.9 Å². The van der Waals surface area contributed by atoms with Crippen LogP contribution in [0.15, 0.2) is 6.33 Å². The molecule has 5 heteroatoms. The smallest absolute Gasteiger partial charge is 0.186 e. The minimum absolute atomic E-state index is 0.304. The van der Waals surface area contributed by atoms with E-state index in [0.717, 1.165) is 26.1 Å². The zero-order valence-corrected chi connectivity index (χ0v) is 10.4. The second-order valence-electron chi connectivity index (χ2n) is 4.63. The third-order valence-electron chi connectivity index (χ3n) is 3.24. The van der Waals surface area contributed by atoms with Crippen LogP contribution in [0, 0.1) is 11.7 Å². The Labute approximate surface area is 101 Å². The van der Waals surface area contributed by atoms with E-state index in [4.69, 9.17) is 0 Å². The standard InChI is InChI=1S/C12H19FN4/c1-3-10-11(13)12(16-8-15-10)14-6-9-4-5-17(2)7-9/h8-9H,3-7H2,1-2H3,(H,14,15,16). The van der Waals surface area contributed by atoms with Crippen LogP contribution in [0.25, 0.3) is 0 Å². The van der Waals surface area contributed by atoms with Gasteiger partial charge in [-0.15, -0.1) is 0 Å². The Kier molecular flexibility index (Phi) is 3.89. The number of aromatic nitrogens is 2. The topological polar surface area (TPSA) is 41.1 Å². The van der Waals surface area contributed by atoms with Crippen LogP contribution in [-0.4, -0.2) is 41.5 Å². The SMILES string of the molecule is CCc1ncnc(NCC2CCN(C)C2)c1F. The molecular formula is C12H19FN4. The van der Waals surface area contributed by atoms with Crippen molar-refractivity contribution in [3.8, 4) is 0 Å². The van der Waals surface area contributed by atoms with E-state index in [-0.39, 0.29) is 5.82 Å². The molecule has 1 unspecified atom stereocenters. The first-order valence-electron chi connectivity index (χ1n) is 6.12. The number of nitrogens with one attached hydrogen (secondary N) is 1. The molecule has 0 aromatic carbocycles. The lowest BCUT2D eigenvalue weighted by Gasteiger charge is -2.13. The van der Waals surface area contributed by atoms with E-state index in [9.17, 15) is 4.39 Å². The second-order valence-corrected chi connectivity index (χ2v) is 4.63. The van der Waals surface area contributed by atoms with Crippen molar-refractivity contribution in [2.45, 2.75) is 19.8 Å². The number of nitrogens with zero attached hydrogens (tertiary/aromatic N) is 3. The summed E-state index contributed by atoms with van der Waals surface area (Å²) in [5.74, 6) is 0.618. The Morgan fingerprint density at radius 1 is 1.53 bits per heavy atom. The Hall–Kier alpha value is -1.23. The summed E-state index contributed by atoms with van der Waals surface area (Å²) in [5, 5.41) is 3.10. The largest absolute Gasteiger partial charge is 0.367 e. The molecular weight excluding hydrogens is 219 g/mol. The normalized spacial score (nSPS) is 20.8. The summed E-state index contributed by atoms with van der Waals surface area (Å²) in [6, 6.07) is 0. The molecule has 0 radical (unpaired) electrons. The van der Waals surface area contributed by atoms with Crippen LogP contribution >= 0.6 is 0 Å². The summed E-state index contributed by atoms with van der Waals surface area (Å²) in [5.41, 5.74) is 0.478. The lowest BCUT2D eigenvalue weighted by molar-refractivity contribution is 0.399. The van der Waals surface area contributed by atoms with Gasteiger partial charge in [-0.1, -0.05) is 6.92 Å². The van der Waals surface area contributed by atoms with Crippen molar-refractivity contribution in [1.82, 2.24) is 14.9 Å². The van der Waals surface area contributed by atoms with Crippen LogP contribution in [0.5, 0.6) is 0 Å². The van der Waals surface area contributed by atoms with Gasteiger partial charge in [-0.2, -0.15) is 0 Å². The third-order valence-corrected chi connectivity index (χ3v) is 3.24. The van der Waals surface area contributed by atoms with Gasteiger partial charge in [0.1, 0.15) is 6.33 Å². The quantitative estimate of drug-likeness (QED) is 0.864. The van der Waals surface area contributed by atoms with Crippen molar-refractivity contribution in [3.05, 3.63) is 17.8 Å². The Morgan fingerprint density at radius 3 is 3.00 bits per heavy atom. The Morgan fingerprint density at radius 2 is 2.35 bits per heavy atom. The average Bonchev–Trinajstić information content (AvgIpc) is 2.74. The van der Waals surface area contributed by atoms with Gasteiger partial charge in [0.2, 0.25) is 0 Å². The van der Waals surface area contributed by atoms with Crippen LogP contribution in [0.2, 0.25) is 0 Å². The number of anilines is 1. The Balaban J connectivity index is 1.95. The van der Waals surface area contributed by atoms with Crippen molar-refractivity contribution in [2.24, 2.45) is 5.92 Å². The molecule has 2 heterocycles. The minimum atomic E-state index is -0.304. The summed E-state index contributed by atoms with van der Waals surface area (Å²) >= 11 is 0. The summed E-state index contributed by atoms with van der Waals surface area (Å²) in [6.07, 6.45) is 3.18. The summed E-state index contributed by atoms with van der Waals surface area (Å²) in [7, 11) is 2.11. The van der Waals surface area contributed by atoms with Gasteiger partial charge in [0.15, 0.2) is 11.6 Å². The highest BCUT2D eigenvalue weighted by Crippen LogP contribution is 2.17. The van der Waals surface area contributed by atoms with Crippen molar-refractivity contribution < 1.29 is 4.39 Å². The molecule has 0 spiro atoms. The monoisotopic (exact) mass is 238 g/mol. The molecule has 1 aromatic rings. The zero-order chi connectivity index (χ0) is 12.3. The minimum Gasteiger partial charge on any atom is -0.367 e. The van der Waals surface area contributed by atoms with Crippen LogP contribution < -0.4 is 5.32 Å². The predicted molar refractivity (Wildman–Crippen MR) is 65.5 cm³/mol. The number of rotatable bonds is 4. The molecule has 0 bridgehead atoms. The maximum atomic E-state index is 13.8. The fraction of sp³-hybridized carbons (Fsp3) is 0.667. The molecule has 4 nitrogen and oxygen atoms in total. The number of hydrogen-bond acceptors (Lipinski definition) is 4. The van der Waals surface area contributed by atoms with Crippen molar-refractivity contribution in [2.75, 3.05) is 32.0 Å². The number of aryl methyl sites for hydroxylation is 1. The molecule has 1 saturated heterocycles. The molecule has 2 rings (SSSR count). The van der Waals surface area contributed by atoms with E-state index in [1.165, 1.54) is 6.33 Å². The van der Waals surface area contributed by atoms with Gasteiger partial charge in [-0.25, -0.2) is 14.4 Å². The van der Waals surface area contributed by atoms with Crippen LogP contribution in [-0.2, 0) is 6.42 Å². The average molecular weight is 238 g/mol. The van der Waals surface area contributed by atoms with Gasteiger partial charge in [0, 0.05) is 13.1 Å². The maximum Gasteiger partial charge on any atom is 0.186 e. The molecule has 1 fully saturated rings. The third kappa shape index (κ3) is 2.91. The van der Waals surface area contributed by atoms with Gasteiger partial charge >= 0.3 is 0 Å². The van der Waals surface area contributed by atoms with Gasteiger partial charge in [-0.05, 0) is 32.4 Å². The first-order chi connectivity index (χ1) is 8.20. The van der Waals surface area contributed by atoms with Crippen molar-refractivity contribution >= 4 is 5.82 Å². The number of likely N-dealkylation sites (tertiary alicyclic amines) is 1. The van der Waals surface area contributed by atoms with E-state index in [1.807, 2.05) is 6.92 Å². The molecule has 1 aliphatic rings. The molecule has 0 saturated carbocycles. The van der Waals surface area contributed by atoms with Gasteiger partial charge in [-0.3, -0.25) is 0 Å². The second kappa shape index (κ2) is 5.40. The van der Waals surface area contributed by atoms with Crippen LogP contribution in [0.3, 0.4) is 0 Å². The van der Waals surface area contributed by atoms with E-state index in [2.05, 4.69) is 27.2 Å². The van der Waals surface area contributed by atoms with Crippen molar-refractivity contribution in [1.29, 1.82) is 0 Å².